The fourth-order valence-electron chi connectivity index (χ4n) is 1.95. The second-order valence-electron chi connectivity index (χ2n) is 4.40. The molecule has 0 saturated carbocycles. The Bertz CT molecular complexity index is 637. The molecule has 0 saturated heterocycles. The Labute approximate surface area is 128 Å². The molecule has 1 aliphatic rings. The zero-order valence-electron chi connectivity index (χ0n) is 12.4. The summed E-state index contributed by atoms with van der Waals surface area (Å²) in [5.41, 5.74) is 1.43. The number of nitrogens with zero attached hydrogens (tertiary/aromatic N) is 1. The van der Waals surface area contributed by atoms with Crippen molar-refractivity contribution >= 4 is 23.5 Å². The Balaban J connectivity index is 2.32. The third-order valence-corrected chi connectivity index (χ3v) is 2.99. The van der Waals surface area contributed by atoms with Crippen molar-refractivity contribution in [3.63, 3.8) is 0 Å². The number of amidine groups is 1. The minimum absolute atomic E-state index is 0.0135. The summed E-state index contributed by atoms with van der Waals surface area (Å²) in [6, 6.07) is 7.33. The Morgan fingerprint density at radius 2 is 2.05 bits per heavy atom. The number of hydrogen-bond acceptors (Lipinski definition) is 7. The van der Waals surface area contributed by atoms with E-state index >= 15 is 0 Å². The van der Waals surface area contributed by atoms with Crippen LogP contribution in [0.5, 0.6) is 0 Å². The minimum atomic E-state index is -0.665. The first-order valence-electron chi connectivity index (χ1n) is 6.68. The summed E-state index contributed by atoms with van der Waals surface area (Å²) in [7, 11) is 2.47. The molecular formula is C15H17N3O4. The van der Waals surface area contributed by atoms with E-state index in [2.05, 4.69) is 25.1 Å². The van der Waals surface area contributed by atoms with Gasteiger partial charge in [-0.15, -0.1) is 0 Å². The Morgan fingerprint density at radius 3 is 2.68 bits per heavy atom. The maximum absolute atomic E-state index is 11.8. The number of hydrogen-bond donors (Lipinski definition) is 2. The van der Waals surface area contributed by atoms with Crippen molar-refractivity contribution in [2.24, 2.45) is 4.99 Å². The van der Waals surface area contributed by atoms with E-state index in [-0.39, 0.29) is 5.70 Å². The van der Waals surface area contributed by atoms with Crippen molar-refractivity contribution in [3.05, 3.63) is 41.6 Å². The number of aliphatic imine (C=N–C) groups is 1. The molecule has 0 aromatic heterocycles. The van der Waals surface area contributed by atoms with Crippen molar-refractivity contribution in [1.29, 1.82) is 0 Å². The molecule has 0 amide bonds. The average Bonchev–Trinajstić information content (AvgIpc) is 3.08. The van der Waals surface area contributed by atoms with Crippen LogP contribution in [-0.4, -0.2) is 45.1 Å². The van der Waals surface area contributed by atoms with Gasteiger partial charge in [-0.2, -0.15) is 0 Å². The lowest BCUT2D eigenvalue weighted by Crippen LogP contribution is -2.22. The number of nitrogens with one attached hydrogen (secondary N) is 2. The molecule has 1 aliphatic heterocycles. The van der Waals surface area contributed by atoms with Crippen LogP contribution < -0.4 is 10.6 Å². The molecule has 0 atom stereocenters. The summed E-state index contributed by atoms with van der Waals surface area (Å²) in [4.78, 5) is 27.5. The Morgan fingerprint density at radius 1 is 1.27 bits per heavy atom. The van der Waals surface area contributed by atoms with E-state index in [1.807, 2.05) is 18.2 Å². The topological polar surface area (TPSA) is 89.0 Å². The van der Waals surface area contributed by atoms with E-state index in [1.54, 1.807) is 6.07 Å². The molecule has 1 heterocycles. The number of para-hydroxylation sites is 1. The lowest BCUT2D eigenvalue weighted by atomic mass is 10.1. The molecule has 0 fully saturated rings. The monoisotopic (exact) mass is 303 g/mol. The van der Waals surface area contributed by atoms with Crippen LogP contribution in [0.15, 0.2) is 41.0 Å². The van der Waals surface area contributed by atoms with Crippen molar-refractivity contribution in [3.8, 4) is 0 Å². The van der Waals surface area contributed by atoms with Gasteiger partial charge in [-0.05, 0) is 12.1 Å². The van der Waals surface area contributed by atoms with Crippen molar-refractivity contribution in [2.45, 2.75) is 0 Å². The van der Waals surface area contributed by atoms with Gasteiger partial charge in [-0.3, -0.25) is 4.99 Å². The average molecular weight is 303 g/mol. The van der Waals surface area contributed by atoms with Crippen LogP contribution in [0.25, 0.3) is 0 Å². The first-order chi connectivity index (χ1) is 10.7. The molecule has 22 heavy (non-hydrogen) atoms. The fraction of sp³-hybridized carbons (Fsp3) is 0.267. The zero-order valence-corrected chi connectivity index (χ0v) is 12.4. The summed E-state index contributed by atoms with van der Waals surface area (Å²) in [6.07, 6.45) is 1.05. The first kappa shape index (κ1) is 15.6. The normalized spacial score (nSPS) is 13.9. The van der Waals surface area contributed by atoms with Crippen LogP contribution in [0, 0.1) is 0 Å². The fourth-order valence-corrected chi connectivity index (χ4v) is 1.95. The highest BCUT2D eigenvalue weighted by atomic mass is 16.5. The van der Waals surface area contributed by atoms with Crippen LogP contribution >= 0.6 is 0 Å². The highest BCUT2D eigenvalue weighted by Gasteiger charge is 2.17. The molecule has 0 unspecified atom stereocenters. The van der Waals surface area contributed by atoms with E-state index in [0.717, 1.165) is 24.0 Å². The van der Waals surface area contributed by atoms with Crippen molar-refractivity contribution in [1.82, 2.24) is 5.32 Å². The predicted octanol–water partition coefficient (Wildman–Crippen LogP) is 0.678. The van der Waals surface area contributed by atoms with Crippen molar-refractivity contribution < 1.29 is 19.1 Å². The van der Waals surface area contributed by atoms with Gasteiger partial charge >= 0.3 is 11.9 Å². The van der Waals surface area contributed by atoms with Crippen LogP contribution in [0.2, 0.25) is 0 Å². The molecule has 1 aromatic rings. The van der Waals surface area contributed by atoms with E-state index in [1.165, 1.54) is 14.2 Å². The molecule has 0 aliphatic carbocycles. The predicted molar refractivity (Wildman–Crippen MR) is 81.6 cm³/mol. The Hall–Kier alpha value is -2.83. The van der Waals surface area contributed by atoms with Gasteiger partial charge in [-0.25, -0.2) is 9.59 Å². The van der Waals surface area contributed by atoms with Gasteiger partial charge in [0, 0.05) is 17.8 Å². The largest absolute Gasteiger partial charge is 0.466 e. The number of benzene rings is 1. The number of carbonyl (C=O) groups excluding carboxylic acids is 2. The van der Waals surface area contributed by atoms with Gasteiger partial charge in [0.15, 0.2) is 0 Å². The van der Waals surface area contributed by atoms with Crippen LogP contribution in [-0.2, 0) is 19.1 Å². The summed E-state index contributed by atoms with van der Waals surface area (Å²) < 4.78 is 9.22. The molecule has 7 heteroatoms. The maximum atomic E-state index is 11.8. The maximum Gasteiger partial charge on any atom is 0.354 e. The second-order valence-corrected chi connectivity index (χ2v) is 4.40. The molecule has 0 radical (unpaired) electrons. The standard InChI is InChI=1S/C15H17N3O4/c1-21-13(19)9-12(15(20)22-2)18-11-6-4-3-5-10(11)14-16-7-8-17-14/h3-6,9,18H,7-8H2,1-2H3,(H,16,17)/b12-9+. The van der Waals surface area contributed by atoms with Gasteiger partial charge in [0.2, 0.25) is 0 Å². The molecule has 116 valence electrons. The quantitative estimate of drug-likeness (QED) is 0.614. The summed E-state index contributed by atoms with van der Waals surface area (Å²) in [5, 5.41) is 6.07. The number of anilines is 1. The third-order valence-electron chi connectivity index (χ3n) is 2.99. The first-order valence-corrected chi connectivity index (χ1v) is 6.68. The molecule has 0 bridgehead atoms. The highest BCUT2D eigenvalue weighted by Crippen LogP contribution is 2.19. The van der Waals surface area contributed by atoms with E-state index in [4.69, 9.17) is 0 Å². The van der Waals surface area contributed by atoms with Gasteiger partial charge in [0.25, 0.3) is 0 Å². The van der Waals surface area contributed by atoms with Crippen LogP contribution in [0.4, 0.5) is 5.69 Å². The number of methoxy groups -OCH3 is 2. The Kier molecular flexibility index (Phi) is 5.13. The van der Waals surface area contributed by atoms with Crippen molar-refractivity contribution in [2.75, 3.05) is 32.6 Å². The van der Waals surface area contributed by atoms with Crippen LogP contribution in [0.1, 0.15) is 5.56 Å². The minimum Gasteiger partial charge on any atom is -0.466 e. The molecule has 2 N–H and O–H groups in total. The zero-order chi connectivity index (χ0) is 15.9. The summed E-state index contributed by atoms with van der Waals surface area (Å²) in [6.45, 7) is 1.47. The second kappa shape index (κ2) is 7.26. The van der Waals surface area contributed by atoms with E-state index < -0.39 is 11.9 Å². The lowest BCUT2D eigenvalue weighted by Gasteiger charge is -2.13. The molecule has 0 spiro atoms. The summed E-state index contributed by atoms with van der Waals surface area (Å²) in [5.74, 6) is -0.575. The molecular weight excluding hydrogens is 286 g/mol. The number of esters is 2. The number of rotatable bonds is 5. The molecule has 7 nitrogen and oxygen atoms in total. The number of carbonyl (C=O) groups is 2. The lowest BCUT2D eigenvalue weighted by molar-refractivity contribution is -0.138. The van der Waals surface area contributed by atoms with Crippen LogP contribution in [0.3, 0.4) is 0 Å². The highest BCUT2D eigenvalue weighted by molar-refractivity contribution is 6.06. The number of ether oxygens (including phenoxy) is 2. The van der Waals surface area contributed by atoms with Gasteiger partial charge in [0.1, 0.15) is 11.5 Å². The summed E-state index contributed by atoms with van der Waals surface area (Å²) >= 11 is 0. The van der Waals surface area contributed by atoms with E-state index in [0.29, 0.717) is 12.2 Å². The van der Waals surface area contributed by atoms with E-state index in [9.17, 15) is 9.59 Å². The third kappa shape index (κ3) is 3.63. The van der Waals surface area contributed by atoms with Gasteiger partial charge in [0.05, 0.1) is 26.8 Å². The SMILES string of the molecule is COC(=O)/C=C(/Nc1ccccc1C1=NCCN1)C(=O)OC. The van der Waals surface area contributed by atoms with Gasteiger partial charge in [-0.1, -0.05) is 12.1 Å². The van der Waals surface area contributed by atoms with Gasteiger partial charge < -0.3 is 20.1 Å². The molecule has 2 rings (SSSR count). The smallest absolute Gasteiger partial charge is 0.354 e. The molecule has 1 aromatic carbocycles.